The third-order valence-electron chi connectivity index (χ3n) is 1.66. The molecule has 0 amide bonds. The van der Waals surface area contributed by atoms with Crippen LogP contribution in [-0.4, -0.2) is 33.5 Å². The van der Waals surface area contributed by atoms with E-state index in [4.69, 9.17) is 0 Å². The Balaban J connectivity index is 4.25. The minimum Gasteiger partial charge on any atom is -0.469 e. The molecule has 13 heavy (non-hydrogen) atoms. The maximum atomic E-state index is 11.5. The van der Waals surface area contributed by atoms with Crippen molar-refractivity contribution in [1.82, 2.24) is 0 Å². The van der Waals surface area contributed by atoms with Gasteiger partial charge in [0.1, 0.15) is 0 Å². The number of methoxy groups -OCH3 is 1. The van der Waals surface area contributed by atoms with Crippen LogP contribution in [-0.2, 0) is 23.1 Å². The SMILES string of the molecule is COC(=O)[C@@H](C)CP(=O)(OC)OC. The summed E-state index contributed by atoms with van der Waals surface area (Å²) in [5.41, 5.74) is 0. The van der Waals surface area contributed by atoms with Crippen LogP contribution in [0.15, 0.2) is 0 Å². The maximum Gasteiger partial charge on any atom is 0.331 e. The van der Waals surface area contributed by atoms with E-state index < -0.39 is 19.5 Å². The molecule has 0 fully saturated rings. The fraction of sp³-hybridized carbons (Fsp3) is 0.857. The standard InChI is InChI=1S/C7H15O5P/c1-6(7(8)10-2)5-13(9,11-3)12-4/h6H,5H2,1-4H3/t6-/m0/s1. The van der Waals surface area contributed by atoms with Crippen LogP contribution < -0.4 is 0 Å². The van der Waals surface area contributed by atoms with Crippen LogP contribution in [0.1, 0.15) is 6.92 Å². The first kappa shape index (κ1) is 12.6. The zero-order chi connectivity index (χ0) is 10.5. The van der Waals surface area contributed by atoms with E-state index in [1.54, 1.807) is 6.92 Å². The highest BCUT2D eigenvalue weighted by Gasteiger charge is 2.28. The minimum atomic E-state index is -3.11. The number of ether oxygens (including phenoxy) is 1. The van der Waals surface area contributed by atoms with Crippen LogP contribution in [0, 0.1) is 5.92 Å². The predicted octanol–water partition coefficient (Wildman–Crippen LogP) is 1.28. The highest BCUT2D eigenvalue weighted by molar-refractivity contribution is 7.53. The molecule has 0 unspecified atom stereocenters. The molecule has 0 aromatic rings. The molecule has 0 heterocycles. The summed E-state index contributed by atoms with van der Waals surface area (Å²) in [5, 5.41) is 0. The van der Waals surface area contributed by atoms with Crippen molar-refractivity contribution in [3.05, 3.63) is 0 Å². The van der Waals surface area contributed by atoms with E-state index in [1.165, 1.54) is 21.3 Å². The molecule has 0 saturated carbocycles. The Hall–Kier alpha value is -0.380. The molecule has 0 spiro atoms. The van der Waals surface area contributed by atoms with Crippen LogP contribution >= 0.6 is 7.60 Å². The second-order valence-corrected chi connectivity index (χ2v) is 4.90. The van der Waals surface area contributed by atoms with E-state index in [-0.39, 0.29) is 6.16 Å². The first-order valence-electron chi connectivity index (χ1n) is 3.77. The van der Waals surface area contributed by atoms with Crippen LogP contribution in [0.3, 0.4) is 0 Å². The third kappa shape index (κ3) is 3.89. The Labute approximate surface area is 77.9 Å². The van der Waals surface area contributed by atoms with Crippen LogP contribution in [0.2, 0.25) is 0 Å². The van der Waals surface area contributed by atoms with Gasteiger partial charge in [0.25, 0.3) is 0 Å². The monoisotopic (exact) mass is 210 g/mol. The van der Waals surface area contributed by atoms with Gasteiger partial charge in [0.05, 0.1) is 19.2 Å². The number of carbonyl (C=O) groups is 1. The van der Waals surface area contributed by atoms with Gasteiger partial charge in [0.15, 0.2) is 0 Å². The summed E-state index contributed by atoms with van der Waals surface area (Å²) in [6.07, 6.45) is 0.0344. The van der Waals surface area contributed by atoms with Gasteiger partial charge in [-0.2, -0.15) is 0 Å². The summed E-state index contributed by atoms with van der Waals surface area (Å²) in [6, 6.07) is 0. The highest BCUT2D eigenvalue weighted by Crippen LogP contribution is 2.47. The number of esters is 1. The molecule has 0 rings (SSSR count). The van der Waals surface area contributed by atoms with E-state index in [9.17, 15) is 9.36 Å². The van der Waals surface area contributed by atoms with Gasteiger partial charge in [0, 0.05) is 14.2 Å². The lowest BCUT2D eigenvalue weighted by Gasteiger charge is -2.16. The first-order valence-corrected chi connectivity index (χ1v) is 5.50. The Morgan fingerprint density at radius 3 is 2.08 bits per heavy atom. The zero-order valence-electron chi connectivity index (χ0n) is 8.27. The average Bonchev–Trinajstić information content (AvgIpc) is 2.16. The largest absolute Gasteiger partial charge is 0.469 e. The number of hydrogen-bond acceptors (Lipinski definition) is 5. The minimum absolute atomic E-state index is 0.0344. The molecule has 0 saturated heterocycles. The third-order valence-corrected chi connectivity index (χ3v) is 3.76. The van der Waals surface area contributed by atoms with Crippen molar-refractivity contribution in [2.75, 3.05) is 27.5 Å². The molecule has 0 aromatic carbocycles. The fourth-order valence-corrected chi connectivity index (χ4v) is 2.10. The van der Waals surface area contributed by atoms with Crippen molar-refractivity contribution in [2.24, 2.45) is 5.92 Å². The number of rotatable bonds is 5. The molecule has 0 aromatic heterocycles. The molecule has 1 atom stereocenters. The lowest BCUT2D eigenvalue weighted by Crippen LogP contribution is -2.17. The van der Waals surface area contributed by atoms with Gasteiger partial charge >= 0.3 is 13.6 Å². The van der Waals surface area contributed by atoms with Crippen molar-refractivity contribution >= 4 is 13.6 Å². The van der Waals surface area contributed by atoms with Crippen LogP contribution in [0.5, 0.6) is 0 Å². The van der Waals surface area contributed by atoms with Crippen molar-refractivity contribution in [2.45, 2.75) is 6.92 Å². The van der Waals surface area contributed by atoms with Gasteiger partial charge in [0.2, 0.25) is 0 Å². The van der Waals surface area contributed by atoms with Gasteiger partial charge in [-0.25, -0.2) is 0 Å². The smallest absolute Gasteiger partial charge is 0.331 e. The Bertz CT molecular complexity index is 207. The molecular weight excluding hydrogens is 195 g/mol. The topological polar surface area (TPSA) is 61.8 Å². The van der Waals surface area contributed by atoms with E-state index >= 15 is 0 Å². The summed E-state index contributed by atoms with van der Waals surface area (Å²) < 4.78 is 25.4. The van der Waals surface area contributed by atoms with Crippen molar-refractivity contribution in [1.29, 1.82) is 0 Å². The predicted molar refractivity (Wildman–Crippen MR) is 47.7 cm³/mol. The maximum absolute atomic E-state index is 11.5. The molecule has 6 heteroatoms. The Morgan fingerprint density at radius 1 is 1.31 bits per heavy atom. The second-order valence-electron chi connectivity index (χ2n) is 2.58. The van der Waals surface area contributed by atoms with Gasteiger partial charge in [-0.05, 0) is 0 Å². The lowest BCUT2D eigenvalue weighted by atomic mass is 10.2. The van der Waals surface area contributed by atoms with Crippen molar-refractivity contribution < 1.29 is 23.1 Å². The molecule has 0 radical (unpaired) electrons. The zero-order valence-corrected chi connectivity index (χ0v) is 9.17. The quantitative estimate of drug-likeness (QED) is 0.505. The summed E-state index contributed by atoms with van der Waals surface area (Å²) in [4.78, 5) is 11.0. The Kier molecular flexibility index (Phi) is 5.21. The summed E-state index contributed by atoms with van der Waals surface area (Å²) in [7, 11) is 0.748. The average molecular weight is 210 g/mol. The van der Waals surface area contributed by atoms with E-state index in [2.05, 4.69) is 13.8 Å². The van der Waals surface area contributed by atoms with Crippen LogP contribution in [0.25, 0.3) is 0 Å². The number of hydrogen-bond donors (Lipinski definition) is 0. The first-order chi connectivity index (χ1) is 5.99. The molecule has 0 bridgehead atoms. The van der Waals surface area contributed by atoms with Gasteiger partial charge in [-0.15, -0.1) is 0 Å². The fourth-order valence-electron chi connectivity index (χ4n) is 0.835. The van der Waals surface area contributed by atoms with E-state index in [0.717, 1.165) is 0 Å². The molecule has 5 nitrogen and oxygen atoms in total. The summed E-state index contributed by atoms with van der Waals surface area (Å²) in [5.74, 6) is -0.912. The van der Waals surface area contributed by atoms with E-state index in [1.807, 2.05) is 0 Å². The van der Waals surface area contributed by atoms with E-state index in [0.29, 0.717) is 0 Å². The number of carbonyl (C=O) groups excluding carboxylic acids is 1. The van der Waals surface area contributed by atoms with Crippen molar-refractivity contribution in [3.8, 4) is 0 Å². The van der Waals surface area contributed by atoms with Gasteiger partial charge < -0.3 is 13.8 Å². The highest BCUT2D eigenvalue weighted by atomic mass is 31.2. The van der Waals surface area contributed by atoms with Crippen molar-refractivity contribution in [3.63, 3.8) is 0 Å². The normalized spacial score (nSPS) is 13.8. The lowest BCUT2D eigenvalue weighted by molar-refractivity contribution is -0.144. The van der Waals surface area contributed by atoms with Crippen LogP contribution in [0.4, 0.5) is 0 Å². The van der Waals surface area contributed by atoms with Gasteiger partial charge in [-0.3, -0.25) is 9.36 Å². The second kappa shape index (κ2) is 5.37. The molecule has 0 aliphatic heterocycles. The summed E-state index contributed by atoms with van der Waals surface area (Å²) >= 11 is 0. The molecule has 0 aliphatic carbocycles. The molecule has 78 valence electrons. The molecule has 0 N–H and O–H groups in total. The molecular formula is C7H15O5P. The Morgan fingerprint density at radius 2 is 1.77 bits per heavy atom. The van der Waals surface area contributed by atoms with Gasteiger partial charge in [-0.1, -0.05) is 6.92 Å². The summed E-state index contributed by atoms with van der Waals surface area (Å²) in [6.45, 7) is 1.61. The molecule has 0 aliphatic rings.